The molecule has 7 heteroatoms. The third-order valence-electron chi connectivity index (χ3n) is 4.01. The maximum atomic E-state index is 12.9. The molecule has 1 unspecified atom stereocenters. The number of carbonyl (C=O) groups is 1. The fourth-order valence-corrected chi connectivity index (χ4v) is 4.67. The minimum atomic E-state index is -3.90. The summed E-state index contributed by atoms with van der Waals surface area (Å²) in [4.78, 5) is 11.9. The van der Waals surface area contributed by atoms with Gasteiger partial charge in [-0.25, -0.2) is 13.2 Å². The summed E-state index contributed by atoms with van der Waals surface area (Å²) in [7, 11) is -3.90. The van der Waals surface area contributed by atoms with Gasteiger partial charge in [-0.05, 0) is 39.3 Å². The molecule has 0 radical (unpaired) electrons. The van der Waals surface area contributed by atoms with Crippen LogP contribution in [0.5, 0.6) is 0 Å². The van der Waals surface area contributed by atoms with Gasteiger partial charge in [-0.15, -0.1) is 0 Å². The molecule has 6 nitrogen and oxygen atoms in total. The van der Waals surface area contributed by atoms with Gasteiger partial charge < -0.3 is 9.84 Å². The lowest BCUT2D eigenvalue weighted by Gasteiger charge is -2.33. The van der Waals surface area contributed by atoms with Crippen LogP contribution in [0.4, 0.5) is 0 Å². The molecule has 1 aliphatic rings. The van der Waals surface area contributed by atoms with Gasteiger partial charge in [0.2, 0.25) is 10.0 Å². The highest BCUT2D eigenvalue weighted by atomic mass is 32.2. The van der Waals surface area contributed by atoms with Gasteiger partial charge in [0.15, 0.2) is 0 Å². The summed E-state index contributed by atoms with van der Waals surface area (Å²) in [6.07, 6.45) is -0.370. The number of ether oxygens (including phenoxy) is 1. The van der Waals surface area contributed by atoms with Crippen molar-refractivity contribution in [3.8, 4) is 0 Å². The Hall–Kier alpha value is -1.44. The molecule has 1 fully saturated rings. The summed E-state index contributed by atoms with van der Waals surface area (Å²) < 4.78 is 32.0. The number of nitrogens with zero attached hydrogens (tertiary/aromatic N) is 1. The summed E-state index contributed by atoms with van der Waals surface area (Å²) in [5.41, 5.74) is -0.901. The average molecular weight is 327 g/mol. The third-order valence-corrected chi connectivity index (χ3v) is 6.16. The Labute approximate surface area is 130 Å². The molecule has 1 aliphatic heterocycles. The summed E-state index contributed by atoms with van der Waals surface area (Å²) >= 11 is 0. The SMILES string of the molecule is CCOC(=O)c1ccccc1S(=O)(=O)N1CCC(O)C1(C)C. The van der Waals surface area contributed by atoms with Crippen LogP contribution < -0.4 is 0 Å². The average Bonchev–Trinajstić information content (AvgIpc) is 2.74. The number of carbonyl (C=O) groups excluding carboxylic acids is 1. The van der Waals surface area contributed by atoms with Gasteiger partial charge >= 0.3 is 5.97 Å². The van der Waals surface area contributed by atoms with E-state index in [-0.39, 0.29) is 23.6 Å². The molecular weight excluding hydrogens is 306 g/mol. The Morgan fingerprint density at radius 1 is 1.41 bits per heavy atom. The first-order valence-electron chi connectivity index (χ1n) is 7.20. The van der Waals surface area contributed by atoms with Crippen molar-refractivity contribution in [1.82, 2.24) is 4.31 Å². The van der Waals surface area contributed by atoms with E-state index in [1.54, 1.807) is 32.9 Å². The van der Waals surface area contributed by atoms with Gasteiger partial charge in [0.1, 0.15) is 0 Å². The maximum Gasteiger partial charge on any atom is 0.339 e. The van der Waals surface area contributed by atoms with E-state index < -0.39 is 27.6 Å². The smallest absolute Gasteiger partial charge is 0.339 e. The van der Waals surface area contributed by atoms with E-state index >= 15 is 0 Å². The number of rotatable bonds is 4. The molecule has 0 aliphatic carbocycles. The quantitative estimate of drug-likeness (QED) is 0.845. The zero-order chi connectivity index (χ0) is 16.5. The van der Waals surface area contributed by atoms with Gasteiger partial charge in [0.05, 0.1) is 28.7 Å². The topological polar surface area (TPSA) is 83.9 Å². The Bertz CT molecular complexity index is 668. The van der Waals surface area contributed by atoms with E-state index in [1.165, 1.54) is 16.4 Å². The van der Waals surface area contributed by atoms with Crippen LogP contribution in [0.2, 0.25) is 0 Å². The second-order valence-electron chi connectivity index (χ2n) is 5.75. The van der Waals surface area contributed by atoms with Crippen molar-refractivity contribution >= 4 is 16.0 Å². The molecule has 1 atom stereocenters. The van der Waals surface area contributed by atoms with Gasteiger partial charge in [-0.2, -0.15) is 4.31 Å². The highest BCUT2D eigenvalue weighted by Gasteiger charge is 2.47. The predicted molar refractivity (Wildman–Crippen MR) is 81.0 cm³/mol. The van der Waals surface area contributed by atoms with Crippen molar-refractivity contribution in [3.63, 3.8) is 0 Å². The van der Waals surface area contributed by atoms with Crippen molar-refractivity contribution in [2.24, 2.45) is 0 Å². The third kappa shape index (κ3) is 2.76. The van der Waals surface area contributed by atoms with Crippen LogP contribution in [0.15, 0.2) is 29.2 Å². The fraction of sp³-hybridized carbons (Fsp3) is 0.533. The summed E-state index contributed by atoms with van der Waals surface area (Å²) in [6, 6.07) is 5.98. The van der Waals surface area contributed by atoms with E-state index in [4.69, 9.17) is 4.74 Å². The first kappa shape index (κ1) is 16.9. The number of sulfonamides is 1. The minimum absolute atomic E-state index is 0.0153. The van der Waals surface area contributed by atoms with E-state index in [9.17, 15) is 18.3 Å². The van der Waals surface area contributed by atoms with E-state index in [1.807, 2.05) is 0 Å². The Kier molecular flexibility index (Phi) is 4.60. The molecule has 1 aromatic rings. The van der Waals surface area contributed by atoms with Gasteiger partial charge in [-0.3, -0.25) is 0 Å². The van der Waals surface area contributed by atoms with Crippen LogP contribution in [0.1, 0.15) is 37.6 Å². The number of aliphatic hydroxyl groups is 1. The lowest BCUT2D eigenvalue weighted by Crippen LogP contribution is -2.48. The maximum absolute atomic E-state index is 12.9. The van der Waals surface area contributed by atoms with Crippen LogP contribution in [0.25, 0.3) is 0 Å². The highest BCUT2D eigenvalue weighted by molar-refractivity contribution is 7.89. The molecule has 1 heterocycles. The van der Waals surface area contributed by atoms with Crippen molar-refractivity contribution in [1.29, 1.82) is 0 Å². The van der Waals surface area contributed by atoms with Crippen molar-refractivity contribution in [2.75, 3.05) is 13.2 Å². The van der Waals surface area contributed by atoms with E-state index in [0.717, 1.165) is 0 Å². The number of aliphatic hydroxyl groups excluding tert-OH is 1. The first-order chi connectivity index (χ1) is 10.2. The van der Waals surface area contributed by atoms with Crippen LogP contribution in [0, 0.1) is 0 Å². The second-order valence-corrected chi connectivity index (χ2v) is 7.58. The lowest BCUT2D eigenvalue weighted by atomic mass is 10.0. The Morgan fingerprint density at radius 2 is 2.05 bits per heavy atom. The van der Waals surface area contributed by atoms with E-state index in [2.05, 4.69) is 0 Å². The largest absolute Gasteiger partial charge is 0.462 e. The van der Waals surface area contributed by atoms with Gasteiger partial charge in [0.25, 0.3) is 0 Å². The molecular formula is C15H21NO5S. The van der Waals surface area contributed by atoms with Crippen LogP contribution in [0.3, 0.4) is 0 Å². The fourth-order valence-electron chi connectivity index (χ4n) is 2.66. The number of benzene rings is 1. The van der Waals surface area contributed by atoms with Crippen molar-refractivity contribution < 1.29 is 23.1 Å². The first-order valence-corrected chi connectivity index (χ1v) is 8.64. The number of hydrogen-bond donors (Lipinski definition) is 1. The second kappa shape index (κ2) is 5.98. The standard InChI is InChI=1S/C15H21NO5S/c1-4-21-14(18)11-7-5-6-8-12(11)22(19,20)16-10-9-13(17)15(16,2)3/h5-8,13,17H,4,9-10H2,1-3H3. The Morgan fingerprint density at radius 3 is 2.59 bits per heavy atom. The molecule has 1 saturated heterocycles. The lowest BCUT2D eigenvalue weighted by molar-refractivity contribution is 0.0521. The molecule has 0 bridgehead atoms. The molecule has 2 rings (SSSR count). The number of hydrogen-bond acceptors (Lipinski definition) is 5. The van der Waals surface area contributed by atoms with Crippen molar-refractivity contribution in [2.45, 2.75) is 43.7 Å². The summed E-state index contributed by atoms with van der Waals surface area (Å²) in [6.45, 7) is 5.40. The van der Waals surface area contributed by atoms with Crippen LogP contribution >= 0.6 is 0 Å². The zero-order valence-electron chi connectivity index (χ0n) is 12.9. The molecule has 1 aromatic carbocycles. The molecule has 1 N–H and O–H groups in total. The Balaban J connectivity index is 2.50. The molecule has 122 valence electrons. The minimum Gasteiger partial charge on any atom is -0.462 e. The van der Waals surface area contributed by atoms with E-state index in [0.29, 0.717) is 6.42 Å². The molecule has 0 saturated carbocycles. The van der Waals surface area contributed by atoms with Crippen LogP contribution in [-0.2, 0) is 14.8 Å². The molecule has 0 aromatic heterocycles. The number of esters is 1. The normalized spacial score (nSPS) is 21.7. The van der Waals surface area contributed by atoms with Gasteiger partial charge in [0, 0.05) is 6.54 Å². The zero-order valence-corrected chi connectivity index (χ0v) is 13.8. The van der Waals surface area contributed by atoms with Crippen LogP contribution in [-0.4, -0.2) is 48.6 Å². The molecule has 0 spiro atoms. The summed E-state index contributed by atoms with van der Waals surface area (Å²) in [5, 5.41) is 10.0. The highest BCUT2D eigenvalue weighted by Crippen LogP contribution is 2.35. The van der Waals surface area contributed by atoms with Crippen molar-refractivity contribution in [3.05, 3.63) is 29.8 Å². The molecule has 22 heavy (non-hydrogen) atoms. The van der Waals surface area contributed by atoms with Gasteiger partial charge in [-0.1, -0.05) is 12.1 Å². The predicted octanol–water partition coefficient (Wildman–Crippen LogP) is 1.40. The monoisotopic (exact) mass is 327 g/mol. The summed E-state index contributed by atoms with van der Waals surface area (Å²) in [5.74, 6) is -0.667. The molecule has 0 amide bonds.